The second kappa shape index (κ2) is 3.88. The van der Waals surface area contributed by atoms with Gasteiger partial charge < -0.3 is 51.2 Å². The van der Waals surface area contributed by atoms with Crippen LogP contribution in [-0.4, -0.2) is 91.0 Å². The molecule has 0 aromatic heterocycles. The lowest BCUT2D eigenvalue weighted by molar-refractivity contribution is -0.548. The predicted octanol–water partition coefficient (Wildman–Crippen LogP) is -5.52. The number of nitrogens with two attached hydrogens (primary N) is 1. The number of aliphatic imine (C=N–C) groups is 1. The van der Waals surface area contributed by atoms with Crippen molar-refractivity contribution >= 4 is 5.96 Å². The molecule has 0 aromatic carbocycles. The molecule has 3 saturated heterocycles. The number of nitrogens with zero attached hydrogens (tertiary/aromatic N) is 1. The molecule has 0 radical (unpaired) electrons. The molecule has 11 nitrogen and oxygen atoms in total. The fourth-order valence-electron chi connectivity index (χ4n) is 4.24. The van der Waals surface area contributed by atoms with Gasteiger partial charge in [-0.15, -0.1) is 0 Å². The third-order valence-electron chi connectivity index (χ3n) is 5.22. The molecule has 9 atom stereocenters. The molecule has 4 heterocycles. The maximum atomic E-state index is 10.6. The number of aliphatic hydroxyl groups excluding tert-OH is 4. The van der Waals surface area contributed by atoms with Gasteiger partial charge >= 0.3 is 5.97 Å². The monoisotopic (exact) mass is 319 g/mol. The molecule has 11 heteroatoms. The van der Waals surface area contributed by atoms with E-state index in [0.29, 0.717) is 0 Å². The van der Waals surface area contributed by atoms with Crippen molar-refractivity contribution < 1.29 is 40.1 Å². The van der Waals surface area contributed by atoms with Crippen LogP contribution in [0.2, 0.25) is 0 Å². The predicted molar refractivity (Wildman–Crippen MR) is 65.7 cm³/mol. The van der Waals surface area contributed by atoms with Crippen molar-refractivity contribution in [3.63, 3.8) is 0 Å². The molecule has 4 fully saturated rings. The summed E-state index contributed by atoms with van der Waals surface area (Å²) in [6, 6.07) is 0. The molecule has 124 valence electrons. The van der Waals surface area contributed by atoms with Crippen molar-refractivity contribution in [2.24, 2.45) is 16.6 Å². The van der Waals surface area contributed by atoms with Gasteiger partial charge in [0.1, 0.15) is 29.5 Å². The highest BCUT2D eigenvalue weighted by atomic mass is 16.9. The van der Waals surface area contributed by atoms with Gasteiger partial charge in [0.2, 0.25) is 0 Å². The molecule has 1 aliphatic carbocycles. The van der Waals surface area contributed by atoms with Gasteiger partial charge in [-0.05, 0) is 0 Å². The summed E-state index contributed by atoms with van der Waals surface area (Å²) in [5.74, 6) is -3.95. The van der Waals surface area contributed by atoms with Crippen LogP contribution >= 0.6 is 0 Å². The maximum Gasteiger partial charge on any atom is 0.311 e. The number of rotatable bonds is 1. The Labute approximate surface area is 123 Å². The average molecular weight is 319 g/mol. The van der Waals surface area contributed by atoms with Crippen molar-refractivity contribution in [3.05, 3.63) is 0 Å². The lowest BCUT2D eigenvalue weighted by Gasteiger charge is -2.71. The Balaban J connectivity index is 1.95. The minimum Gasteiger partial charge on any atom is -0.393 e. The lowest BCUT2D eigenvalue weighted by Crippen LogP contribution is -2.95. The third-order valence-corrected chi connectivity index (χ3v) is 5.22. The van der Waals surface area contributed by atoms with Gasteiger partial charge in [-0.3, -0.25) is 0 Å². The zero-order valence-electron chi connectivity index (χ0n) is 11.2. The Bertz CT molecular complexity index is 561. The van der Waals surface area contributed by atoms with E-state index in [-0.39, 0.29) is 5.96 Å². The second-order valence-electron chi connectivity index (χ2n) is 6.22. The largest absolute Gasteiger partial charge is 0.393 e. The number of ether oxygens (including phenoxy) is 2. The standard InChI is InChI=1S/C11H17N3O8/c12-8-13-6(17)2-4-9(19,1-15)5-3(16)10(2,14-8)7(18)11(20,21-4)22-5/h2-7,15-20H,1H2,(H3,12,13,14)/t2?,3-,4-,5+,6?,7-,9-,10?,11+/m0/s1. The normalized spacial score (nSPS) is 62.4. The average Bonchev–Trinajstić information content (AvgIpc) is 2.45. The van der Waals surface area contributed by atoms with Gasteiger partial charge in [0.25, 0.3) is 0 Å². The first-order valence-corrected chi connectivity index (χ1v) is 6.77. The smallest absolute Gasteiger partial charge is 0.311 e. The summed E-state index contributed by atoms with van der Waals surface area (Å²) in [5, 5.41) is 64.3. The Hall–Kier alpha value is -1.05. The highest BCUT2D eigenvalue weighted by molar-refractivity contribution is 5.80. The molecule has 5 rings (SSSR count). The van der Waals surface area contributed by atoms with Crippen LogP contribution in [-0.2, 0) is 9.47 Å². The van der Waals surface area contributed by atoms with Crippen LogP contribution in [0.5, 0.6) is 0 Å². The summed E-state index contributed by atoms with van der Waals surface area (Å²) < 4.78 is 10.3. The summed E-state index contributed by atoms with van der Waals surface area (Å²) in [5.41, 5.74) is 1.74. The van der Waals surface area contributed by atoms with Gasteiger partial charge in [0.05, 0.1) is 12.5 Å². The molecule has 1 spiro atoms. The van der Waals surface area contributed by atoms with Crippen LogP contribution in [0.15, 0.2) is 4.99 Å². The number of aliphatic hydroxyl groups is 6. The van der Waals surface area contributed by atoms with Gasteiger partial charge in [0.15, 0.2) is 18.3 Å². The summed E-state index contributed by atoms with van der Waals surface area (Å²) >= 11 is 0. The fraction of sp³-hybridized carbons (Fsp3) is 0.909. The SMILES string of the molecule is NC1=NC(O)C2[C@@H]3O[C@@]4(O)O[C@H]([C@H](O)C2(N1)[C@@H]4O)[C@]3(O)CO. The third kappa shape index (κ3) is 1.28. The van der Waals surface area contributed by atoms with E-state index in [0.717, 1.165) is 0 Å². The van der Waals surface area contributed by atoms with Crippen molar-refractivity contribution in [1.29, 1.82) is 0 Å². The van der Waals surface area contributed by atoms with E-state index in [4.69, 9.17) is 15.2 Å². The van der Waals surface area contributed by atoms with Gasteiger partial charge in [-0.25, -0.2) is 4.99 Å². The molecular weight excluding hydrogens is 302 g/mol. The molecule has 4 bridgehead atoms. The summed E-state index contributed by atoms with van der Waals surface area (Å²) in [4.78, 5) is 3.70. The Morgan fingerprint density at radius 1 is 1.18 bits per heavy atom. The van der Waals surface area contributed by atoms with E-state index >= 15 is 0 Å². The first-order valence-electron chi connectivity index (χ1n) is 6.77. The Morgan fingerprint density at radius 2 is 1.82 bits per heavy atom. The number of hydrogen-bond donors (Lipinski definition) is 8. The molecule has 0 aromatic rings. The number of nitrogens with one attached hydrogen (secondary N) is 1. The van der Waals surface area contributed by atoms with Crippen molar-refractivity contribution in [2.45, 2.75) is 47.8 Å². The van der Waals surface area contributed by atoms with Crippen LogP contribution in [0.1, 0.15) is 0 Å². The summed E-state index contributed by atoms with van der Waals surface area (Å²) in [7, 11) is 0. The molecule has 3 unspecified atom stereocenters. The minimum absolute atomic E-state index is 0.250. The quantitative estimate of drug-likeness (QED) is 0.231. The van der Waals surface area contributed by atoms with E-state index in [2.05, 4.69) is 10.3 Å². The van der Waals surface area contributed by atoms with Crippen LogP contribution in [0, 0.1) is 5.92 Å². The second-order valence-corrected chi connectivity index (χ2v) is 6.22. The topological polar surface area (TPSA) is 190 Å². The summed E-state index contributed by atoms with van der Waals surface area (Å²) in [6.45, 7) is -0.857. The zero-order valence-corrected chi connectivity index (χ0v) is 11.2. The van der Waals surface area contributed by atoms with Crippen molar-refractivity contribution in [2.75, 3.05) is 6.61 Å². The Morgan fingerprint density at radius 3 is 2.45 bits per heavy atom. The van der Waals surface area contributed by atoms with E-state index in [1.165, 1.54) is 0 Å². The van der Waals surface area contributed by atoms with Crippen molar-refractivity contribution in [1.82, 2.24) is 5.32 Å². The van der Waals surface area contributed by atoms with Crippen LogP contribution in [0.4, 0.5) is 0 Å². The molecule has 4 aliphatic heterocycles. The van der Waals surface area contributed by atoms with Gasteiger partial charge in [0, 0.05) is 0 Å². The molecule has 9 N–H and O–H groups in total. The molecule has 22 heavy (non-hydrogen) atoms. The highest BCUT2D eigenvalue weighted by Crippen LogP contribution is 2.58. The van der Waals surface area contributed by atoms with Crippen LogP contribution < -0.4 is 11.1 Å². The highest BCUT2D eigenvalue weighted by Gasteiger charge is 2.82. The van der Waals surface area contributed by atoms with Crippen LogP contribution in [0.25, 0.3) is 0 Å². The van der Waals surface area contributed by atoms with E-state index in [1.807, 2.05) is 0 Å². The van der Waals surface area contributed by atoms with E-state index in [9.17, 15) is 30.6 Å². The summed E-state index contributed by atoms with van der Waals surface area (Å²) in [6.07, 6.45) is -7.77. The van der Waals surface area contributed by atoms with Crippen LogP contribution in [0.3, 0.4) is 0 Å². The van der Waals surface area contributed by atoms with E-state index in [1.54, 1.807) is 0 Å². The van der Waals surface area contributed by atoms with E-state index < -0.39 is 60.3 Å². The van der Waals surface area contributed by atoms with Gasteiger partial charge in [-0.1, -0.05) is 0 Å². The molecule has 5 aliphatic rings. The Kier molecular flexibility index (Phi) is 2.57. The fourth-order valence-corrected chi connectivity index (χ4v) is 4.24. The first kappa shape index (κ1) is 14.5. The molecule has 0 amide bonds. The molecule has 1 saturated carbocycles. The first-order chi connectivity index (χ1) is 10.2. The van der Waals surface area contributed by atoms with Gasteiger partial charge in [-0.2, -0.15) is 0 Å². The maximum absolute atomic E-state index is 10.6. The van der Waals surface area contributed by atoms with Crippen molar-refractivity contribution in [3.8, 4) is 0 Å². The number of guanidine groups is 1. The minimum atomic E-state index is -2.52. The number of hydrogen-bond acceptors (Lipinski definition) is 11. The molecular formula is C11H17N3O8. The zero-order chi connectivity index (χ0) is 16.1. The lowest BCUT2D eigenvalue weighted by atomic mass is 9.55.